The Morgan fingerprint density at radius 3 is 2.30 bits per heavy atom. The van der Waals surface area contributed by atoms with E-state index >= 15 is 0 Å². The fraction of sp³-hybridized carbons (Fsp3) is 0.625. The van der Waals surface area contributed by atoms with Crippen LogP contribution in [0.25, 0.3) is 0 Å². The third-order valence-electron chi connectivity index (χ3n) is 3.89. The Morgan fingerprint density at radius 1 is 1.13 bits per heavy atom. The fourth-order valence-electron chi connectivity index (χ4n) is 2.40. The lowest BCUT2D eigenvalue weighted by molar-refractivity contribution is 0.211. The lowest BCUT2D eigenvalue weighted by Gasteiger charge is -2.29. The Kier molecular flexibility index (Phi) is 8.31. The van der Waals surface area contributed by atoms with Crippen LogP contribution in [0.15, 0.2) is 18.2 Å². The molecule has 0 saturated heterocycles. The predicted molar refractivity (Wildman–Crippen MR) is 98.8 cm³/mol. The molecule has 4 nitrogen and oxygen atoms in total. The highest BCUT2D eigenvalue weighted by Crippen LogP contribution is 2.28. The largest absolute Gasteiger partial charge is 0.297 e. The third-order valence-corrected chi connectivity index (χ3v) is 6.54. The van der Waals surface area contributed by atoms with Crippen LogP contribution in [0.3, 0.4) is 0 Å². The zero-order valence-electron chi connectivity index (χ0n) is 14.2. The Hall–Kier alpha value is -0.330. The molecule has 0 aliphatic carbocycles. The molecule has 132 valence electrons. The van der Waals surface area contributed by atoms with E-state index in [1.807, 2.05) is 12.1 Å². The van der Waals surface area contributed by atoms with Gasteiger partial charge in [0.2, 0.25) is 10.0 Å². The van der Waals surface area contributed by atoms with Crippen LogP contribution in [0.4, 0.5) is 0 Å². The first-order valence-electron chi connectivity index (χ1n) is 7.78. The minimum Gasteiger partial charge on any atom is -0.297 e. The second-order valence-corrected chi connectivity index (χ2v) is 8.95. The number of benzene rings is 1. The molecule has 23 heavy (non-hydrogen) atoms. The maximum atomic E-state index is 11.9. The molecule has 0 fully saturated rings. The van der Waals surface area contributed by atoms with Gasteiger partial charge in [0, 0.05) is 20.1 Å². The van der Waals surface area contributed by atoms with Gasteiger partial charge in [-0.1, -0.05) is 36.2 Å². The highest BCUT2D eigenvalue weighted by Gasteiger charge is 2.18. The molecule has 0 spiro atoms. The highest BCUT2D eigenvalue weighted by molar-refractivity contribution is 7.89. The van der Waals surface area contributed by atoms with E-state index in [-0.39, 0.29) is 11.8 Å². The van der Waals surface area contributed by atoms with Crippen molar-refractivity contribution in [3.05, 3.63) is 33.8 Å². The molecule has 0 N–H and O–H groups in total. The van der Waals surface area contributed by atoms with Crippen molar-refractivity contribution in [3.63, 3.8) is 0 Å². The molecule has 1 unspecified atom stereocenters. The van der Waals surface area contributed by atoms with Crippen LogP contribution in [-0.2, 0) is 10.0 Å². The summed E-state index contributed by atoms with van der Waals surface area (Å²) in [4.78, 5) is 2.28. The van der Waals surface area contributed by atoms with E-state index in [9.17, 15) is 8.42 Å². The molecule has 0 radical (unpaired) electrons. The molecular weight excluding hydrogens is 355 g/mol. The van der Waals surface area contributed by atoms with Gasteiger partial charge in [-0.15, -0.1) is 0 Å². The van der Waals surface area contributed by atoms with Crippen molar-refractivity contribution in [3.8, 4) is 0 Å². The topological polar surface area (TPSA) is 40.6 Å². The van der Waals surface area contributed by atoms with Gasteiger partial charge in [-0.05, 0) is 50.6 Å². The minimum absolute atomic E-state index is 0.159. The number of hydrogen-bond donors (Lipinski definition) is 0. The number of rotatable bonds is 9. The maximum absolute atomic E-state index is 11.9. The molecule has 0 aromatic heterocycles. The molecule has 0 aliphatic rings. The first-order chi connectivity index (χ1) is 10.7. The Bertz CT molecular complexity index is 606. The summed E-state index contributed by atoms with van der Waals surface area (Å²) in [7, 11) is -0.00948. The second kappa shape index (κ2) is 9.23. The smallest absolute Gasteiger partial charge is 0.213 e. The third kappa shape index (κ3) is 6.24. The van der Waals surface area contributed by atoms with Gasteiger partial charge >= 0.3 is 0 Å². The number of nitrogens with zero attached hydrogens (tertiary/aromatic N) is 2. The van der Waals surface area contributed by atoms with Crippen molar-refractivity contribution >= 4 is 33.2 Å². The van der Waals surface area contributed by atoms with Gasteiger partial charge in [0.05, 0.1) is 15.8 Å². The minimum atomic E-state index is -3.14. The van der Waals surface area contributed by atoms with Gasteiger partial charge in [0.15, 0.2) is 0 Å². The normalized spacial score (nSPS) is 13.7. The molecule has 7 heteroatoms. The predicted octanol–water partition coefficient (Wildman–Crippen LogP) is 4.05. The molecule has 0 aliphatic heterocycles. The van der Waals surface area contributed by atoms with Gasteiger partial charge in [-0.25, -0.2) is 12.7 Å². The number of sulfonamides is 1. The fourth-order valence-corrected chi connectivity index (χ4v) is 3.57. The summed E-state index contributed by atoms with van der Waals surface area (Å²) >= 11 is 12.1. The van der Waals surface area contributed by atoms with E-state index in [1.54, 1.807) is 20.2 Å². The summed E-state index contributed by atoms with van der Waals surface area (Å²) in [5.41, 5.74) is 1.09. The summed E-state index contributed by atoms with van der Waals surface area (Å²) in [6, 6.07) is 5.81. The molecule has 1 atom stereocenters. The van der Waals surface area contributed by atoms with Crippen LogP contribution in [0.5, 0.6) is 0 Å². The van der Waals surface area contributed by atoms with Crippen molar-refractivity contribution in [1.29, 1.82) is 0 Å². The van der Waals surface area contributed by atoms with Gasteiger partial charge in [-0.3, -0.25) is 4.90 Å². The van der Waals surface area contributed by atoms with E-state index in [2.05, 4.69) is 18.7 Å². The molecule has 0 heterocycles. The Balaban J connectivity index is 2.75. The van der Waals surface area contributed by atoms with Crippen molar-refractivity contribution < 1.29 is 8.42 Å². The summed E-state index contributed by atoms with van der Waals surface area (Å²) < 4.78 is 25.0. The van der Waals surface area contributed by atoms with Crippen LogP contribution in [0.2, 0.25) is 10.0 Å². The van der Waals surface area contributed by atoms with Crippen molar-refractivity contribution in [2.24, 2.45) is 0 Å². The summed E-state index contributed by atoms with van der Waals surface area (Å²) in [5, 5.41) is 1.09. The van der Waals surface area contributed by atoms with Gasteiger partial charge < -0.3 is 0 Å². The quantitative estimate of drug-likeness (QED) is 0.648. The zero-order chi connectivity index (χ0) is 17.6. The number of halogens is 2. The van der Waals surface area contributed by atoms with E-state index in [0.29, 0.717) is 16.5 Å². The maximum Gasteiger partial charge on any atom is 0.213 e. The molecule has 0 bridgehead atoms. The zero-order valence-corrected chi connectivity index (χ0v) is 16.5. The monoisotopic (exact) mass is 380 g/mol. The van der Waals surface area contributed by atoms with Crippen molar-refractivity contribution in [2.75, 3.05) is 32.9 Å². The lowest BCUT2D eigenvalue weighted by Crippen LogP contribution is -2.32. The molecular formula is C16H26Cl2N2O2S. The SMILES string of the molecule is CCCN(CCCS(=O)(=O)N(C)C)C(C)c1ccc(Cl)c(Cl)c1. The molecule has 1 aromatic rings. The van der Waals surface area contributed by atoms with Crippen LogP contribution >= 0.6 is 23.2 Å². The summed E-state index contributed by atoms with van der Waals surface area (Å²) in [6.07, 6.45) is 1.61. The average Bonchev–Trinajstić information content (AvgIpc) is 2.48. The number of hydrogen-bond acceptors (Lipinski definition) is 3. The van der Waals surface area contributed by atoms with Gasteiger partial charge in [0.25, 0.3) is 0 Å². The van der Waals surface area contributed by atoms with E-state index < -0.39 is 10.0 Å². The van der Waals surface area contributed by atoms with E-state index in [1.165, 1.54) is 4.31 Å². The standard InChI is InChI=1S/C16H26Cl2N2O2S/c1-5-9-20(10-6-11-23(21,22)19(3)4)13(2)14-7-8-15(17)16(18)12-14/h7-8,12-13H,5-6,9-11H2,1-4H3. The van der Waals surface area contributed by atoms with Crippen LogP contribution in [-0.4, -0.2) is 50.6 Å². The van der Waals surface area contributed by atoms with Crippen molar-refractivity contribution in [1.82, 2.24) is 9.21 Å². The molecule has 1 aromatic carbocycles. The Labute approximate surface area is 150 Å². The first kappa shape index (κ1) is 20.7. The molecule has 1 rings (SSSR count). The second-order valence-electron chi connectivity index (χ2n) is 5.84. The van der Waals surface area contributed by atoms with Gasteiger partial charge in [0.1, 0.15) is 0 Å². The Morgan fingerprint density at radius 2 is 1.78 bits per heavy atom. The van der Waals surface area contributed by atoms with E-state index in [0.717, 1.165) is 25.1 Å². The van der Waals surface area contributed by atoms with Crippen LogP contribution in [0.1, 0.15) is 38.3 Å². The highest BCUT2D eigenvalue weighted by atomic mass is 35.5. The molecule has 0 saturated carbocycles. The first-order valence-corrected chi connectivity index (χ1v) is 10.1. The van der Waals surface area contributed by atoms with Crippen molar-refractivity contribution in [2.45, 2.75) is 32.7 Å². The lowest BCUT2D eigenvalue weighted by atomic mass is 10.1. The molecule has 0 amide bonds. The summed E-state index contributed by atoms with van der Waals surface area (Å²) in [5.74, 6) is 0.161. The average molecular weight is 381 g/mol. The van der Waals surface area contributed by atoms with Crippen LogP contribution in [0, 0.1) is 0 Å². The van der Waals surface area contributed by atoms with E-state index in [4.69, 9.17) is 23.2 Å². The van der Waals surface area contributed by atoms with Crippen LogP contribution < -0.4 is 0 Å². The summed E-state index contributed by atoms with van der Waals surface area (Å²) in [6.45, 7) is 5.85. The van der Waals surface area contributed by atoms with Gasteiger partial charge in [-0.2, -0.15) is 0 Å².